The molecule has 2 atom stereocenters. The maximum absolute atomic E-state index is 14.5. The first-order valence-electron chi connectivity index (χ1n) is 10.9. The van der Waals surface area contributed by atoms with Crippen molar-refractivity contribution in [1.82, 2.24) is 34.0 Å². The lowest BCUT2D eigenvalue weighted by Crippen LogP contribution is -2.49. The molecule has 5 heterocycles. The number of amides is 1. The first-order valence-corrected chi connectivity index (χ1v) is 10.9. The van der Waals surface area contributed by atoms with Gasteiger partial charge >= 0.3 is 0 Å². The van der Waals surface area contributed by atoms with Crippen LogP contribution in [0.15, 0.2) is 30.6 Å². The smallest absolute Gasteiger partial charge is 0.256 e. The van der Waals surface area contributed by atoms with Gasteiger partial charge in [-0.15, -0.1) is 5.10 Å². The molecule has 1 saturated heterocycles. The highest BCUT2D eigenvalue weighted by atomic mass is 19.3. The predicted octanol–water partition coefficient (Wildman–Crippen LogP) is 3.09. The van der Waals surface area contributed by atoms with Crippen molar-refractivity contribution in [3.8, 4) is 11.3 Å². The number of halogens is 3. The van der Waals surface area contributed by atoms with Gasteiger partial charge in [-0.3, -0.25) is 4.79 Å². The van der Waals surface area contributed by atoms with E-state index in [-0.39, 0.29) is 18.4 Å². The fourth-order valence-electron chi connectivity index (χ4n) is 4.32. The van der Waals surface area contributed by atoms with Crippen molar-refractivity contribution in [1.29, 1.82) is 0 Å². The Morgan fingerprint density at radius 2 is 2.09 bits per heavy atom. The van der Waals surface area contributed by atoms with Crippen molar-refractivity contribution >= 4 is 28.5 Å². The molecule has 5 rings (SSSR count). The van der Waals surface area contributed by atoms with Gasteiger partial charge in [-0.2, -0.15) is 0 Å². The number of carbonyl (C=O) groups excluding carboxylic acids is 1. The van der Waals surface area contributed by atoms with Crippen molar-refractivity contribution in [2.24, 2.45) is 0 Å². The van der Waals surface area contributed by atoms with Crippen LogP contribution in [0.3, 0.4) is 0 Å². The molecule has 0 saturated carbocycles. The van der Waals surface area contributed by atoms with E-state index < -0.39 is 25.2 Å². The summed E-state index contributed by atoms with van der Waals surface area (Å²) in [6.07, 6.45) is 0.0471. The van der Waals surface area contributed by atoms with Crippen molar-refractivity contribution < 1.29 is 18.0 Å². The molecule has 1 aliphatic rings. The van der Waals surface area contributed by atoms with Gasteiger partial charge in [0.2, 0.25) is 11.9 Å². The summed E-state index contributed by atoms with van der Waals surface area (Å²) in [6, 6.07) is 4.85. The van der Waals surface area contributed by atoms with E-state index >= 15 is 0 Å². The summed E-state index contributed by atoms with van der Waals surface area (Å²) in [4.78, 5) is 26.2. The van der Waals surface area contributed by atoms with Gasteiger partial charge in [-0.25, -0.2) is 32.6 Å². The largest absolute Gasteiger partial charge is 0.347 e. The first kappa shape index (κ1) is 22.1. The molecular formula is C22H23F3N8O. The summed E-state index contributed by atoms with van der Waals surface area (Å²) >= 11 is 0. The second-order valence-corrected chi connectivity index (χ2v) is 8.36. The molecule has 1 N–H and O–H groups in total. The van der Waals surface area contributed by atoms with Crippen LogP contribution in [0.1, 0.15) is 19.2 Å². The fourth-order valence-corrected chi connectivity index (χ4v) is 4.32. The molecule has 12 heteroatoms. The Bertz CT molecular complexity index is 1370. The number of imidazole rings is 1. The Kier molecular flexibility index (Phi) is 5.58. The lowest BCUT2D eigenvalue weighted by atomic mass is 10.0. The van der Waals surface area contributed by atoms with Gasteiger partial charge < -0.3 is 14.8 Å². The monoisotopic (exact) mass is 472 g/mol. The Morgan fingerprint density at radius 3 is 2.82 bits per heavy atom. The van der Waals surface area contributed by atoms with Crippen LogP contribution < -0.4 is 5.32 Å². The zero-order valence-corrected chi connectivity index (χ0v) is 18.6. The molecule has 1 aliphatic heterocycles. The van der Waals surface area contributed by atoms with E-state index in [1.165, 1.54) is 16.4 Å². The maximum atomic E-state index is 14.5. The lowest BCUT2D eigenvalue weighted by Gasteiger charge is -2.34. The number of nitrogens with one attached hydrogen (secondary N) is 1. The van der Waals surface area contributed by atoms with Crippen LogP contribution in [0.25, 0.3) is 27.9 Å². The van der Waals surface area contributed by atoms with Gasteiger partial charge in [0.25, 0.3) is 6.43 Å². The van der Waals surface area contributed by atoms with Crippen LogP contribution in [0.2, 0.25) is 0 Å². The van der Waals surface area contributed by atoms with Crippen LogP contribution in [-0.4, -0.2) is 71.7 Å². The minimum Gasteiger partial charge on any atom is -0.347 e. The highest BCUT2D eigenvalue weighted by Gasteiger charge is 2.31. The zero-order valence-electron chi connectivity index (χ0n) is 18.6. The normalized spacial score (nSPS) is 18.8. The molecule has 178 valence electrons. The Balaban J connectivity index is 1.41. The molecule has 4 aromatic heterocycles. The number of piperidine rings is 1. The second kappa shape index (κ2) is 8.58. The van der Waals surface area contributed by atoms with Crippen molar-refractivity contribution in [2.75, 3.05) is 18.4 Å². The number of anilines is 1. The highest BCUT2D eigenvalue weighted by molar-refractivity contribution is 5.82. The SMILES string of the molecule is CC(=O)N1CC[C@H](Nc2ncc3c(-c4ccc5nc(C)n(CC(F)F)c5n4)ccn3n2)[C@H](F)C1. The van der Waals surface area contributed by atoms with E-state index in [4.69, 9.17) is 0 Å². The molecule has 0 unspecified atom stereocenters. The van der Waals surface area contributed by atoms with Crippen molar-refractivity contribution in [3.63, 3.8) is 0 Å². The molecule has 0 radical (unpaired) electrons. The topological polar surface area (TPSA) is 93.2 Å². The molecule has 4 aromatic rings. The van der Waals surface area contributed by atoms with Gasteiger partial charge in [-0.05, 0) is 31.5 Å². The van der Waals surface area contributed by atoms with Crippen molar-refractivity contribution in [2.45, 2.75) is 45.5 Å². The molecular weight excluding hydrogens is 449 g/mol. The van der Waals surface area contributed by atoms with E-state index in [0.717, 1.165) is 5.56 Å². The summed E-state index contributed by atoms with van der Waals surface area (Å²) in [7, 11) is 0. The van der Waals surface area contributed by atoms with E-state index in [2.05, 4.69) is 25.4 Å². The minimum absolute atomic E-state index is 0.0404. The molecule has 1 amide bonds. The number of alkyl halides is 3. The van der Waals surface area contributed by atoms with Gasteiger partial charge in [0.15, 0.2) is 5.65 Å². The quantitative estimate of drug-likeness (QED) is 0.480. The second-order valence-electron chi connectivity index (χ2n) is 8.36. The van der Waals surface area contributed by atoms with Crippen molar-refractivity contribution in [3.05, 3.63) is 36.4 Å². The lowest BCUT2D eigenvalue weighted by molar-refractivity contribution is -0.131. The van der Waals surface area contributed by atoms with Gasteiger partial charge in [0.1, 0.15) is 17.5 Å². The number of aryl methyl sites for hydroxylation is 1. The molecule has 1 fully saturated rings. The summed E-state index contributed by atoms with van der Waals surface area (Å²) < 4.78 is 43.6. The third-order valence-electron chi connectivity index (χ3n) is 6.10. The Labute approximate surface area is 192 Å². The number of likely N-dealkylation sites (tertiary alicyclic amines) is 1. The minimum atomic E-state index is -2.52. The number of rotatable bonds is 5. The van der Waals surface area contributed by atoms with E-state index in [0.29, 0.717) is 41.2 Å². The predicted molar refractivity (Wildman–Crippen MR) is 119 cm³/mol. The third kappa shape index (κ3) is 4.03. The first-order chi connectivity index (χ1) is 16.3. The molecule has 0 bridgehead atoms. The summed E-state index contributed by atoms with van der Waals surface area (Å²) in [5.41, 5.74) is 2.91. The number of pyridine rings is 1. The van der Waals surface area contributed by atoms with Crippen LogP contribution in [0.5, 0.6) is 0 Å². The third-order valence-corrected chi connectivity index (χ3v) is 6.10. The standard InChI is InChI=1S/C22H23F3N8O/c1-12-27-18-4-3-16(28-21(18)32(12)11-20(24)25)14-5-8-33-19(14)9-26-22(30-33)29-17-6-7-31(13(2)34)10-15(17)23/h3-5,8-9,15,17,20H,6-7,10-11H2,1-2H3,(H,29,30)/t15-,17+/m1/s1. The Hall–Kier alpha value is -3.70. The molecule has 9 nitrogen and oxygen atoms in total. The van der Waals surface area contributed by atoms with E-state index in [1.54, 1.807) is 36.0 Å². The number of nitrogens with zero attached hydrogens (tertiary/aromatic N) is 7. The fraction of sp³-hybridized carbons (Fsp3) is 0.409. The number of hydrogen-bond acceptors (Lipinski definition) is 6. The van der Waals surface area contributed by atoms with Crippen LogP contribution >= 0.6 is 0 Å². The average Bonchev–Trinajstić information content (AvgIpc) is 3.35. The van der Waals surface area contributed by atoms with Crippen LogP contribution in [0, 0.1) is 6.92 Å². The summed E-state index contributed by atoms with van der Waals surface area (Å²) in [6.45, 7) is 3.14. The summed E-state index contributed by atoms with van der Waals surface area (Å²) in [5.74, 6) is 0.603. The molecule has 0 aliphatic carbocycles. The Morgan fingerprint density at radius 1 is 1.26 bits per heavy atom. The number of aromatic nitrogens is 6. The summed E-state index contributed by atoms with van der Waals surface area (Å²) in [5, 5.41) is 7.46. The van der Waals surface area contributed by atoms with Crippen LogP contribution in [-0.2, 0) is 11.3 Å². The highest BCUT2D eigenvalue weighted by Crippen LogP contribution is 2.27. The van der Waals surface area contributed by atoms with Gasteiger partial charge in [0.05, 0.1) is 36.5 Å². The molecule has 0 aromatic carbocycles. The number of carbonyl (C=O) groups is 1. The molecule has 0 spiro atoms. The van der Waals surface area contributed by atoms with E-state index in [1.807, 2.05) is 6.07 Å². The van der Waals surface area contributed by atoms with Gasteiger partial charge in [-0.1, -0.05) is 0 Å². The number of hydrogen-bond donors (Lipinski definition) is 1. The molecule has 34 heavy (non-hydrogen) atoms. The van der Waals surface area contributed by atoms with Crippen LogP contribution in [0.4, 0.5) is 19.1 Å². The average molecular weight is 472 g/mol. The van der Waals surface area contributed by atoms with Gasteiger partial charge in [0, 0.05) is 25.2 Å². The van der Waals surface area contributed by atoms with E-state index in [9.17, 15) is 18.0 Å². The number of fused-ring (bicyclic) bond motifs is 2. The maximum Gasteiger partial charge on any atom is 0.256 e. The zero-order chi connectivity index (χ0) is 24.0.